The lowest BCUT2D eigenvalue weighted by molar-refractivity contribution is -0.244. The largest absolute Gasteiger partial charge is 0.369 e. The third-order valence-electron chi connectivity index (χ3n) is 4.71. The van der Waals surface area contributed by atoms with Crippen LogP contribution in [-0.4, -0.2) is 53.1 Å². The summed E-state index contributed by atoms with van der Waals surface area (Å²) < 4.78 is 0. The lowest BCUT2D eigenvalue weighted by Crippen LogP contribution is -2.53. The average molecular weight is 324 g/mol. The molecule has 0 aromatic heterocycles. The molecule has 6 heteroatoms. The molecule has 2 aliphatic rings. The number of rotatable bonds is 5. The summed E-state index contributed by atoms with van der Waals surface area (Å²) >= 11 is 0. The van der Waals surface area contributed by atoms with Crippen LogP contribution in [0.4, 0.5) is 0 Å². The number of aliphatic imine (C=N–C) groups is 1. The van der Waals surface area contributed by atoms with Crippen LogP contribution in [0.2, 0.25) is 0 Å². The molecule has 2 N–H and O–H groups in total. The number of hydrogen-bond acceptors (Lipinski definition) is 5. The van der Waals surface area contributed by atoms with Crippen LogP contribution < -0.4 is 5.73 Å². The number of amides is 1. The first-order valence-electron chi connectivity index (χ1n) is 8.77. The second kappa shape index (κ2) is 6.77. The average Bonchev–Trinajstić information content (AvgIpc) is 2.69. The number of nitrogens with two attached hydrogens (primary N) is 1. The fourth-order valence-corrected chi connectivity index (χ4v) is 3.60. The Morgan fingerprint density at radius 2 is 2.13 bits per heavy atom. The molecule has 6 nitrogen and oxygen atoms in total. The highest BCUT2D eigenvalue weighted by atomic mass is 16.7. The van der Waals surface area contributed by atoms with Gasteiger partial charge in [-0.3, -0.25) is 14.5 Å². The van der Waals surface area contributed by atoms with Crippen molar-refractivity contribution in [3.05, 3.63) is 0 Å². The van der Waals surface area contributed by atoms with Gasteiger partial charge in [-0.2, -0.15) is 5.06 Å². The zero-order chi connectivity index (χ0) is 17.3. The molecule has 0 bridgehead atoms. The van der Waals surface area contributed by atoms with Crippen LogP contribution in [0.1, 0.15) is 59.8 Å². The minimum absolute atomic E-state index is 0.0473. The summed E-state index contributed by atoms with van der Waals surface area (Å²) in [4.78, 5) is 25.1. The number of guanidine groups is 1. The third kappa shape index (κ3) is 3.86. The second-order valence-corrected chi connectivity index (χ2v) is 7.79. The van der Waals surface area contributed by atoms with E-state index in [1.807, 2.05) is 25.8 Å². The van der Waals surface area contributed by atoms with Crippen molar-refractivity contribution < 1.29 is 9.63 Å². The van der Waals surface area contributed by atoms with E-state index in [0.29, 0.717) is 5.96 Å². The molecule has 2 unspecified atom stereocenters. The monoisotopic (exact) mass is 324 g/mol. The summed E-state index contributed by atoms with van der Waals surface area (Å²) in [6, 6.07) is 0. The van der Waals surface area contributed by atoms with Gasteiger partial charge in [0.2, 0.25) is 0 Å². The summed E-state index contributed by atoms with van der Waals surface area (Å²) in [5.41, 5.74) is 5.04. The highest BCUT2D eigenvalue weighted by molar-refractivity contribution is 6.06. The molecule has 1 saturated heterocycles. The molecule has 0 aromatic carbocycles. The molecule has 0 saturated carbocycles. The molecule has 0 spiro atoms. The zero-order valence-corrected chi connectivity index (χ0v) is 15.3. The summed E-state index contributed by atoms with van der Waals surface area (Å²) in [6.45, 7) is 9.92. The van der Waals surface area contributed by atoms with Crippen molar-refractivity contribution in [1.82, 2.24) is 9.96 Å². The number of piperidine rings is 1. The standard InChI is InChI=1S/C17H32N4O2/c1-6-7-10-17(14(22)20(5)15(18)19-17)13-9-8-11-21(12-13)23-16(2,3)4/h13H,6-12H2,1-5H3,(H2,18,19). The second-order valence-electron chi connectivity index (χ2n) is 7.79. The van der Waals surface area contributed by atoms with Crippen LogP contribution in [0.3, 0.4) is 0 Å². The first-order valence-corrected chi connectivity index (χ1v) is 8.77. The Balaban J connectivity index is 2.21. The van der Waals surface area contributed by atoms with Crippen LogP contribution in [0, 0.1) is 5.92 Å². The molecule has 132 valence electrons. The quantitative estimate of drug-likeness (QED) is 0.841. The molecule has 23 heavy (non-hydrogen) atoms. The lowest BCUT2D eigenvalue weighted by Gasteiger charge is -2.41. The van der Waals surface area contributed by atoms with Crippen LogP contribution in [0.5, 0.6) is 0 Å². The van der Waals surface area contributed by atoms with E-state index < -0.39 is 5.54 Å². The number of likely N-dealkylation sites (N-methyl/N-ethyl adjacent to an activating group) is 1. The maximum absolute atomic E-state index is 12.9. The minimum atomic E-state index is -0.700. The van der Waals surface area contributed by atoms with E-state index in [9.17, 15) is 4.79 Å². The highest BCUT2D eigenvalue weighted by Gasteiger charge is 2.52. The lowest BCUT2D eigenvalue weighted by atomic mass is 9.76. The molecule has 2 aliphatic heterocycles. The van der Waals surface area contributed by atoms with Crippen LogP contribution in [0.25, 0.3) is 0 Å². The van der Waals surface area contributed by atoms with E-state index in [-0.39, 0.29) is 17.4 Å². The van der Waals surface area contributed by atoms with E-state index in [1.165, 1.54) is 4.90 Å². The maximum atomic E-state index is 12.9. The van der Waals surface area contributed by atoms with Gasteiger partial charge in [0.15, 0.2) is 5.96 Å². The topological polar surface area (TPSA) is 71.2 Å². The van der Waals surface area contributed by atoms with Crippen molar-refractivity contribution in [3.8, 4) is 0 Å². The number of unbranched alkanes of at least 4 members (excludes halogenated alkanes) is 1. The third-order valence-corrected chi connectivity index (χ3v) is 4.71. The number of nitrogens with zero attached hydrogens (tertiary/aromatic N) is 3. The molecule has 1 fully saturated rings. The Morgan fingerprint density at radius 1 is 1.43 bits per heavy atom. The fourth-order valence-electron chi connectivity index (χ4n) is 3.60. The van der Waals surface area contributed by atoms with Gasteiger partial charge >= 0.3 is 0 Å². The Labute approximate surface area is 140 Å². The number of hydroxylamine groups is 2. The van der Waals surface area contributed by atoms with E-state index in [2.05, 4.69) is 11.9 Å². The fraction of sp³-hybridized carbons (Fsp3) is 0.882. The Hall–Kier alpha value is -1.14. The summed E-state index contributed by atoms with van der Waals surface area (Å²) in [5, 5.41) is 2.01. The Morgan fingerprint density at radius 3 is 2.65 bits per heavy atom. The Bertz CT molecular complexity index is 472. The van der Waals surface area contributed by atoms with E-state index in [1.54, 1.807) is 7.05 Å². The molecule has 0 aliphatic carbocycles. The number of carbonyl (C=O) groups excluding carboxylic acids is 1. The normalized spacial score (nSPS) is 30.0. The van der Waals surface area contributed by atoms with Crippen molar-refractivity contribution in [3.63, 3.8) is 0 Å². The van der Waals surface area contributed by atoms with Crippen molar-refractivity contribution in [2.45, 2.75) is 70.9 Å². The molecule has 2 heterocycles. The highest BCUT2D eigenvalue weighted by Crippen LogP contribution is 2.39. The number of hydrogen-bond donors (Lipinski definition) is 1. The predicted molar refractivity (Wildman–Crippen MR) is 91.8 cm³/mol. The van der Waals surface area contributed by atoms with Crippen LogP contribution in [0.15, 0.2) is 4.99 Å². The van der Waals surface area contributed by atoms with Gasteiger partial charge in [0, 0.05) is 26.1 Å². The minimum Gasteiger partial charge on any atom is -0.369 e. The van der Waals surface area contributed by atoms with Crippen molar-refractivity contribution in [2.75, 3.05) is 20.1 Å². The van der Waals surface area contributed by atoms with Crippen LogP contribution >= 0.6 is 0 Å². The van der Waals surface area contributed by atoms with E-state index in [0.717, 1.165) is 45.2 Å². The first kappa shape index (κ1) is 18.2. The van der Waals surface area contributed by atoms with Gasteiger partial charge in [-0.25, -0.2) is 4.99 Å². The maximum Gasteiger partial charge on any atom is 0.257 e. The van der Waals surface area contributed by atoms with Crippen LogP contribution in [-0.2, 0) is 9.63 Å². The van der Waals surface area contributed by atoms with Gasteiger partial charge in [0.1, 0.15) is 5.54 Å². The Kier molecular flexibility index (Phi) is 5.36. The van der Waals surface area contributed by atoms with Gasteiger partial charge < -0.3 is 5.73 Å². The smallest absolute Gasteiger partial charge is 0.257 e. The van der Waals surface area contributed by atoms with Gasteiger partial charge in [-0.1, -0.05) is 19.8 Å². The van der Waals surface area contributed by atoms with Gasteiger partial charge in [0.05, 0.1) is 5.60 Å². The van der Waals surface area contributed by atoms with Crippen molar-refractivity contribution >= 4 is 11.9 Å². The van der Waals surface area contributed by atoms with Gasteiger partial charge in [0.25, 0.3) is 5.91 Å². The molecular formula is C17H32N4O2. The van der Waals surface area contributed by atoms with E-state index in [4.69, 9.17) is 10.6 Å². The SMILES string of the molecule is CCCCC1(C2CCCN(OC(C)(C)C)C2)N=C(N)N(C)C1=O. The predicted octanol–water partition coefficient (Wildman–Crippen LogP) is 2.14. The van der Waals surface area contributed by atoms with Crippen molar-refractivity contribution in [2.24, 2.45) is 16.6 Å². The molecule has 2 rings (SSSR count). The van der Waals surface area contributed by atoms with Crippen molar-refractivity contribution in [1.29, 1.82) is 0 Å². The van der Waals surface area contributed by atoms with E-state index >= 15 is 0 Å². The summed E-state index contributed by atoms with van der Waals surface area (Å²) in [5.74, 6) is 0.548. The number of carbonyl (C=O) groups is 1. The molecular weight excluding hydrogens is 292 g/mol. The molecule has 1 amide bonds. The summed E-state index contributed by atoms with van der Waals surface area (Å²) in [7, 11) is 1.72. The van der Waals surface area contributed by atoms with Gasteiger partial charge in [-0.15, -0.1) is 0 Å². The summed E-state index contributed by atoms with van der Waals surface area (Å²) in [6.07, 6.45) is 4.79. The molecule has 0 aromatic rings. The molecule has 2 atom stereocenters. The molecule has 0 radical (unpaired) electrons. The van der Waals surface area contributed by atoms with Gasteiger partial charge in [-0.05, 0) is 40.0 Å². The first-order chi connectivity index (χ1) is 10.7. The zero-order valence-electron chi connectivity index (χ0n) is 15.3.